The molecule has 0 bridgehead atoms. The van der Waals surface area contributed by atoms with Gasteiger partial charge in [-0.3, -0.25) is 19.2 Å². The number of carbonyl (C=O) groups excluding carboxylic acids is 4. The van der Waals surface area contributed by atoms with Crippen LogP contribution in [0.15, 0.2) is 48.5 Å². The minimum absolute atomic E-state index is 0.136. The van der Waals surface area contributed by atoms with Gasteiger partial charge in [-0.2, -0.15) is 0 Å². The van der Waals surface area contributed by atoms with E-state index in [2.05, 4.69) is 21.3 Å². The van der Waals surface area contributed by atoms with Crippen molar-refractivity contribution in [1.29, 1.82) is 0 Å². The largest absolute Gasteiger partial charge is 0.497 e. The van der Waals surface area contributed by atoms with Gasteiger partial charge in [-0.1, -0.05) is 26.0 Å². The summed E-state index contributed by atoms with van der Waals surface area (Å²) in [6, 6.07) is 11.7. The normalized spacial score (nSPS) is 18.6. The number of rotatable bonds is 8. The van der Waals surface area contributed by atoms with Crippen molar-refractivity contribution in [3.05, 3.63) is 54.1 Å². The first-order chi connectivity index (χ1) is 19.3. The molecule has 1 aliphatic rings. The van der Waals surface area contributed by atoms with Crippen LogP contribution in [0, 0.1) is 5.92 Å². The van der Waals surface area contributed by atoms with Crippen molar-refractivity contribution in [3.8, 4) is 17.2 Å². The molecule has 2 atom stereocenters. The zero-order chi connectivity index (χ0) is 28.9. The van der Waals surface area contributed by atoms with E-state index in [1.54, 1.807) is 55.6 Å². The smallest absolute Gasteiger partial charge is 0.255 e. The molecule has 0 unspecified atom stereocenters. The number of fused-ring (bicyclic) bond motifs is 1. The first kappa shape index (κ1) is 30.3. The molecule has 1 heterocycles. The van der Waals surface area contributed by atoms with E-state index in [0.717, 1.165) is 0 Å². The van der Waals surface area contributed by atoms with E-state index in [9.17, 15) is 19.2 Å². The Hall–Kier alpha value is -4.28. The monoisotopic (exact) mass is 554 g/mol. The third kappa shape index (κ3) is 9.48. The molecule has 0 spiro atoms. The number of hydrogen-bond donors (Lipinski definition) is 4. The third-order valence-electron chi connectivity index (χ3n) is 6.11. The fourth-order valence-electron chi connectivity index (χ4n) is 4.09. The van der Waals surface area contributed by atoms with Crippen LogP contribution in [-0.2, 0) is 14.4 Å². The lowest BCUT2D eigenvalue weighted by Crippen LogP contribution is -2.52. The van der Waals surface area contributed by atoms with Gasteiger partial charge in [0.05, 0.1) is 32.2 Å². The highest BCUT2D eigenvalue weighted by molar-refractivity contribution is 6.01. The summed E-state index contributed by atoms with van der Waals surface area (Å²) in [5, 5.41) is 10.9. The summed E-state index contributed by atoms with van der Waals surface area (Å²) >= 11 is 0. The highest BCUT2D eigenvalue weighted by Crippen LogP contribution is 2.19. The maximum Gasteiger partial charge on any atom is 0.255 e. The molecule has 4 N–H and O–H groups in total. The zero-order valence-electron chi connectivity index (χ0n) is 23.2. The van der Waals surface area contributed by atoms with Crippen LogP contribution in [-0.4, -0.2) is 69.1 Å². The Morgan fingerprint density at radius 3 is 2.50 bits per heavy atom. The summed E-state index contributed by atoms with van der Waals surface area (Å²) in [5.41, 5.74) is 0.236. The topological polar surface area (TPSA) is 144 Å². The average Bonchev–Trinajstić information content (AvgIpc) is 2.94. The van der Waals surface area contributed by atoms with Crippen LogP contribution in [0.25, 0.3) is 0 Å². The summed E-state index contributed by atoms with van der Waals surface area (Å²) in [6.45, 7) is 4.81. The number of para-hydroxylation sites is 1. The van der Waals surface area contributed by atoms with Crippen molar-refractivity contribution < 1.29 is 33.4 Å². The van der Waals surface area contributed by atoms with Gasteiger partial charge < -0.3 is 35.5 Å². The van der Waals surface area contributed by atoms with Gasteiger partial charge in [0, 0.05) is 6.54 Å². The Balaban J connectivity index is 1.72. The molecule has 0 aliphatic carbocycles. The Morgan fingerprint density at radius 2 is 1.77 bits per heavy atom. The molecule has 0 aromatic heterocycles. The van der Waals surface area contributed by atoms with Crippen molar-refractivity contribution in [2.45, 2.75) is 45.2 Å². The molecule has 0 radical (unpaired) electrons. The van der Waals surface area contributed by atoms with Crippen molar-refractivity contribution in [1.82, 2.24) is 21.3 Å². The van der Waals surface area contributed by atoms with Gasteiger partial charge in [-0.05, 0) is 55.2 Å². The number of ether oxygens (including phenoxy) is 3. The average molecular weight is 555 g/mol. The van der Waals surface area contributed by atoms with Gasteiger partial charge >= 0.3 is 0 Å². The molecular weight excluding hydrogens is 516 g/mol. The predicted molar refractivity (Wildman–Crippen MR) is 148 cm³/mol. The summed E-state index contributed by atoms with van der Waals surface area (Å²) in [5.74, 6) is -0.179. The van der Waals surface area contributed by atoms with E-state index >= 15 is 0 Å². The van der Waals surface area contributed by atoms with Crippen LogP contribution in [0.1, 0.15) is 43.5 Å². The van der Waals surface area contributed by atoms with E-state index in [-0.39, 0.29) is 43.6 Å². The highest BCUT2D eigenvalue weighted by atomic mass is 16.5. The maximum atomic E-state index is 13.2. The quantitative estimate of drug-likeness (QED) is 0.364. The lowest BCUT2D eigenvalue weighted by atomic mass is 10.0. The summed E-state index contributed by atoms with van der Waals surface area (Å²) < 4.78 is 16.6. The minimum atomic E-state index is -1.20. The summed E-state index contributed by atoms with van der Waals surface area (Å²) in [4.78, 5) is 52.1. The predicted octanol–water partition coefficient (Wildman–Crippen LogP) is 1.81. The van der Waals surface area contributed by atoms with Gasteiger partial charge in [0.2, 0.25) is 17.7 Å². The number of hydrogen-bond acceptors (Lipinski definition) is 7. The summed E-state index contributed by atoms with van der Waals surface area (Å²) in [7, 11) is 1.57. The van der Waals surface area contributed by atoms with Crippen LogP contribution in [0.4, 0.5) is 0 Å². The second-order valence-corrected chi connectivity index (χ2v) is 9.78. The van der Waals surface area contributed by atoms with Gasteiger partial charge in [0.25, 0.3) is 5.91 Å². The molecule has 0 saturated heterocycles. The Labute approximate surface area is 234 Å². The van der Waals surface area contributed by atoms with E-state index < -0.39 is 29.8 Å². The second-order valence-electron chi connectivity index (χ2n) is 9.78. The third-order valence-corrected chi connectivity index (χ3v) is 6.11. The van der Waals surface area contributed by atoms with Crippen LogP contribution < -0.4 is 35.5 Å². The minimum Gasteiger partial charge on any atom is -0.497 e. The molecular formula is C29H38N4O7. The molecule has 40 heavy (non-hydrogen) atoms. The fraction of sp³-hybridized carbons (Fsp3) is 0.448. The first-order valence-electron chi connectivity index (χ1n) is 13.4. The Morgan fingerprint density at radius 1 is 1.05 bits per heavy atom. The molecule has 4 amide bonds. The van der Waals surface area contributed by atoms with Crippen molar-refractivity contribution in [3.63, 3.8) is 0 Å². The van der Waals surface area contributed by atoms with Crippen molar-refractivity contribution in [2.75, 3.05) is 33.4 Å². The molecule has 1 aliphatic heterocycles. The number of amides is 4. The number of methoxy groups -OCH3 is 1. The van der Waals surface area contributed by atoms with Crippen LogP contribution in [0.5, 0.6) is 17.2 Å². The van der Waals surface area contributed by atoms with E-state index in [4.69, 9.17) is 14.2 Å². The molecule has 0 fully saturated rings. The standard InChI is InChI=1S/C29H38N4O7/c1-19(2)17-23-28(36)30-13-6-15-40-25-8-5-4-7-22(25)27(35)33-24(18-26(34)32-23)29(37)31-14-16-39-21-11-9-20(38-3)10-12-21/h4-5,7-12,19,23-24H,6,13-18H2,1-3H3,(H,30,36)(H,31,37)(H,32,34)(H,33,35)/t23-,24+/m1/s1. The van der Waals surface area contributed by atoms with Gasteiger partial charge in [-0.15, -0.1) is 0 Å². The van der Waals surface area contributed by atoms with Crippen LogP contribution >= 0.6 is 0 Å². The molecule has 11 nitrogen and oxygen atoms in total. The second kappa shape index (κ2) is 15.3. The molecule has 0 saturated carbocycles. The summed E-state index contributed by atoms with van der Waals surface area (Å²) in [6.07, 6.45) is 0.570. The van der Waals surface area contributed by atoms with Crippen molar-refractivity contribution >= 4 is 23.6 Å². The fourth-order valence-corrected chi connectivity index (χ4v) is 4.09. The van der Waals surface area contributed by atoms with Crippen LogP contribution in [0.3, 0.4) is 0 Å². The highest BCUT2D eigenvalue weighted by Gasteiger charge is 2.28. The van der Waals surface area contributed by atoms with E-state index in [0.29, 0.717) is 36.6 Å². The van der Waals surface area contributed by atoms with Crippen molar-refractivity contribution in [2.24, 2.45) is 5.92 Å². The van der Waals surface area contributed by atoms with Gasteiger partial charge in [-0.25, -0.2) is 0 Å². The van der Waals surface area contributed by atoms with E-state index in [1.165, 1.54) is 0 Å². The molecule has 216 valence electrons. The van der Waals surface area contributed by atoms with Gasteiger partial charge in [0.15, 0.2) is 0 Å². The van der Waals surface area contributed by atoms with Crippen LogP contribution in [0.2, 0.25) is 0 Å². The van der Waals surface area contributed by atoms with E-state index in [1.807, 2.05) is 13.8 Å². The zero-order valence-corrected chi connectivity index (χ0v) is 23.2. The Kier molecular flexibility index (Phi) is 11.6. The maximum absolute atomic E-state index is 13.2. The molecule has 11 heteroatoms. The van der Waals surface area contributed by atoms with Gasteiger partial charge in [0.1, 0.15) is 35.9 Å². The molecule has 2 aromatic rings. The Bertz CT molecular complexity index is 1150. The lowest BCUT2D eigenvalue weighted by molar-refractivity contribution is -0.131. The molecule has 2 aromatic carbocycles. The number of carbonyl (C=O) groups is 4. The first-order valence-corrected chi connectivity index (χ1v) is 13.4. The SMILES string of the molecule is COc1ccc(OCCNC(=O)[C@@H]2CC(=O)N[C@H](CC(C)C)C(=O)NCCCOc3ccccc3C(=O)N2)cc1. The molecule has 3 rings (SSSR count). The number of nitrogens with one attached hydrogen (secondary N) is 4. The lowest BCUT2D eigenvalue weighted by Gasteiger charge is -2.22. The number of benzene rings is 2.